The fraction of sp³-hybridized carbons (Fsp3) is 0.500. The zero-order valence-corrected chi connectivity index (χ0v) is 5.40. The van der Waals surface area contributed by atoms with Crippen LogP contribution in [0.1, 0.15) is 5.69 Å². The standard InChI is InChI=1S/C4H3F3N2O2/c1-9-2(4(5,6)7)3(10)11-8-9/h1H3/p+1. The van der Waals surface area contributed by atoms with Gasteiger partial charge in [-0.15, -0.1) is 0 Å². The first-order valence-corrected chi connectivity index (χ1v) is 2.57. The normalized spacial score (nSPS) is 12.0. The molecule has 62 valence electrons. The van der Waals surface area contributed by atoms with Crippen LogP contribution >= 0.6 is 0 Å². The molecule has 0 amide bonds. The highest BCUT2D eigenvalue weighted by Gasteiger charge is 2.46. The Kier molecular flexibility index (Phi) is 1.50. The van der Waals surface area contributed by atoms with E-state index in [4.69, 9.17) is 0 Å². The van der Waals surface area contributed by atoms with Crippen molar-refractivity contribution in [3.8, 4) is 0 Å². The van der Waals surface area contributed by atoms with Crippen molar-refractivity contribution in [2.45, 2.75) is 6.18 Å². The van der Waals surface area contributed by atoms with E-state index in [1.54, 1.807) is 5.27 Å². The molecule has 1 heterocycles. The highest BCUT2D eigenvalue weighted by atomic mass is 19.4. The number of H-pyrrole nitrogens is 1. The van der Waals surface area contributed by atoms with Gasteiger partial charge in [-0.05, 0) is 5.27 Å². The maximum atomic E-state index is 11.8. The van der Waals surface area contributed by atoms with Crippen molar-refractivity contribution in [3.05, 3.63) is 16.1 Å². The molecule has 0 saturated heterocycles. The van der Waals surface area contributed by atoms with Gasteiger partial charge in [-0.25, -0.2) is 4.79 Å². The first-order valence-electron chi connectivity index (χ1n) is 2.57. The summed E-state index contributed by atoms with van der Waals surface area (Å²) in [5.74, 6) is 0. The molecule has 0 bridgehead atoms. The summed E-state index contributed by atoms with van der Waals surface area (Å²) in [5, 5.41) is 1.75. The first kappa shape index (κ1) is 7.83. The van der Waals surface area contributed by atoms with Crippen LogP contribution in [0.4, 0.5) is 13.2 Å². The van der Waals surface area contributed by atoms with Gasteiger partial charge in [-0.3, -0.25) is 4.52 Å². The van der Waals surface area contributed by atoms with E-state index in [9.17, 15) is 18.0 Å². The molecule has 1 aromatic heterocycles. The van der Waals surface area contributed by atoms with Crippen LogP contribution in [0.2, 0.25) is 0 Å². The predicted molar refractivity (Wildman–Crippen MR) is 25.5 cm³/mol. The van der Waals surface area contributed by atoms with Crippen molar-refractivity contribution in [2.24, 2.45) is 7.05 Å². The number of nitrogens with zero attached hydrogens (tertiary/aromatic N) is 1. The zero-order chi connectivity index (χ0) is 8.65. The summed E-state index contributed by atoms with van der Waals surface area (Å²) in [7, 11) is 1.04. The maximum absolute atomic E-state index is 11.8. The Hall–Kier alpha value is -1.27. The molecule has 0 aliphatic carbocycles. The largest absolute Gasteiger partial charge is 0.487 e. The quantitative estimate of drug-likeness (QED) is 0.547. The van der Waals surface area contributed by atoms with Gasteiger partial charge >= 0.3 is 17.5 Å². The van der Waals surface area contributed by atoms with Gasteiger partial charge in [0.15, 0.2) is 7.05 Å². The molecule has 0 aromatic carbocycles. The second-order valence-corrected chi connectivity index (χ2v) is 1.89. The summed E-state index contributed by atoms with van der Waals surface area (Å²) in [6.07, 6.45) is -4.67. The molecule has 0 fully saturated rings. The summed E-state index contributed by atoms with van der Waals surface area (Å²) in [4.78, 5) is 10.3. The zero-order valence-electron chi connectivity index (χ0n) is 5.40. The number of nitrogens with one attached hydrogen (secondary N) is 1. The third-order valence-electron chi connectivity index (χ3n) is 1.07. The molecule has 0 saturated carbocycles. The minimum absolute atomic E-state index is 0.475. The van der Waals surface area contributed by atoms with E-state index >= 15 is 0 Å². The van der Waals surface area contributed by atoms with Gasteiger partial charge in [0.2, 0.25) is 0 Å². The van der Waals surface area contributed by atoms with Gasteiger partial charge < -0.3 is 0 Å². The summed E-state index contributed by atoms with van der Waals surface area (Å²) < 4.78 is 39.9. The van der Waals surface area contributed by atoms with E-state index in [-0.39, 0.29) is 0 Å². The summed E-state index contributed by atoms with van der Waals surface area (Å²) >= 11 is 0. The molecule has 0 unspecified atom stereocenters. The van der Waals surface area contributed by atoms with Crippen molar-refractivity contribution in [3.63, 3.8) is 0 Å². The molecule has 0 aliphatic heterocycles. The molecule has 0 aliphatic rings. The average Bonchev–Trinajstić information content (AvgIpc) is 2.08. The van der Waals surface area contributed by atoms with Gasteiger partial charge in [-0.2, -0.15) is 13.2 Å². The number of halogens is 3. The van der Waals surface area contributed by atoms with Crippen molar-refractivity contribution in [1.29, 1.82) is 0 Å². The number of hydrogen-bond acceptors (Lipinski definition) is 2. The fourth-order valence-electron chi connectivity index (χ4n) is 0.647. The highest BCUT2D eigenvalue weighted by Crippen LogP contribution is 2.23. The van der Waals surface area contributed by atoms with Gasteiger partial charge in [-0.1, -0.05) is 4.68 Å². The van der Waals surface area contributed by atoms with Crippen LogP contribution in [0, 0.1) is 0 Å². The number of hydrogen-bond donors (Lipinski definition) is 1. The Balaban J connectivity index is 3.33. The van der Waals surface area contributed by atoms with Crippen molar-refractivity contribution >= 4 is 0 Å². The van der Waals surface area contributed by atoms with Gasteiger partial charge in [0.25, 0.3) is 0 Å². The highest BCUT2D eigenvalue weighted by molar-refractivity contribution is 4.88. The number of alkyl halides is 3. The Bertz CT molecular complexity index is 310. The van der Waals surface area contributed by atoms with E-state index < -0.39 is 17.5 Å². The van der Waals surface area contributed by atoms with E-state index in [0.717, 1.165) is 7.05 Å². The van der Waals surface area contributed by atoms with E-state index in [2.05, 4.69) is 4.52 Å². The number of aryl methyl sites for hydroxylation is 1. The van der Waals surface area contributed by atoms with Crippen LogP contribution in [0.5, 0.6) is 0 Å². The molecule has 7 heteroatoms. The molecule has 1 rings (SSSR count). The van der Waals surface area contributed by atoms with Gasteiger partial charge in [0, 0.05) is 0 Å². The molecule has 1 N–H and O–H groups in total. The van der Waals surface area contributed by atoms with Crippen LogP contribution in [-0.2, 0) is 13.2 Å². The van der Waals surface area contributed by atoms with Crippen LogP contribution in [-0.4, -0.2) is 5.27 Å². The fourth-order valence-corrected chi connectivity index (χ4v) is 0.647. The number of rotatable bonds is 0. The van der Waals surface area contributed by atoms with Crippen LogP contribution < -0.4 is 10.3 Å². The first-order chi connectivity index (χ1) is 4.93. The predicted octanol–water partition coefficient (Wildman–Crippen LogP) is -0.189. The Labute approximate surface area is 58.2 Å². The van der Waals surface area contributed by atoms with Crippen molar-refractivity contribution in [2.75, 3.05) is 0 Å². The maximum Gasteiger partial charge on any atom is 0.487 e. The molecule has 11 heavy (non-hydrogen) atoms. The van der Waals surface area contributed by atoms with E-state index in [0.29, 0.717) is 4.68 Å². The molecule has 4 nitrogen and oxygen atoms in total. The minimum atomic E-state index is -4.67. The van der Waals surface area contributed by atoms with Crippen LogP contribution in [0.3, 0.4) is 0 Å². The van der Waals surface area contributed by atoms with Crippen LogP contribution in [0.15, 0.2) is 9.32 Å². The number of aromatic nitrogens is 2. The van der Waals surface area contributed by atoms with E-state index in [1.807, 2.05) is 0 Å². The molecule has 0 spiro atoms. The lowest BCUT2D eigenvalue weighted by atomic mass is 10.5. The van der Waals surface area contributed by atoms with Crippen molar-refractivity contribution < 1.29 is 22.4 Å². The van der Waals surface area contributed by atoms with Crippen molar-refractivity contribution in [1.82, 2.24) is 5.27 Å². The third-order valence-corrected chi connectivity index (χ3v) is 1.07. The smallest absolute Gasteiger partial charge is 0.283 e. The topological polar surface area (TPSA) is 49.9 Å². The molecule has 1 aromatic rings. The minimum Gasteiger partial charge on any atom is -0.283 e. The molecule has 0 atom stereocenters. The van der Waals surface area contributed by atoms with Gasteiger partial charge in [0.05, 0.1) is 0 Å². The van der Waals surface area contributed by atoms with E-state index in [1.165, 1.54) is 0 Å². The lowest BCUT2D eigenvalue weighted by Gasteiger charge is -1.93. The third kappa shape index (κ3) is 1.26. The Morgan fingerprint density at radius 2 is 2.09 bits per heavy atom. The Morgan fingerprint density at radius 3 is 2.27 bits per heavy atom. The molecular weight excluding hydrogens is 165 g/mol. The monoisotopic (exact) mass is 169 g/mol. The Morgan fingerprint density at radius 1 is 1.55 bits per heavy atom. The summed E-state index contributed by atoms with van der Waals surface area (Å²) in [6, 6.07) is 0. The number of aromatic amines is 1. The second-order valence-electron chi connectivity index (χ2n) is 1.89. The second kappa shape index (κ2) is 2.11. The average molecular weight is 169 g/mol. The summed E-state index contributed by atoms with van der Waals surface area (Å²) in [5.41, 5.74) is -2.77. The summed E-state index contributed by atoms with van der Waals surface area (Å²) in [6.45, 7) is 0. The SMILES string of the molecule is C[n+]1[nH]oc(=O)c1C(F)(F)F. The van der Waals surface area contributed by atoms with Crippen LogP contribution in [0.25, 0.3) is 0 Å². The van der Waals surface area contributed by atoms with Gasteiger partial charge in [0.1, 0.15) is 0 Å². The molecule has 0 radical (unpaired) electrons. The lowest BCUT2D eigenvalue weighted by Crippen LogP contribution is -2.41. The molecular formula is C4H4F3N2O2+. The lowest BCUT2D eigenvalue weighted by molar-refractivity contribution is -0.755.